The highest BCUT2D eigenvalue weighted by Crippen LogP contribution is 2.31. The lowest BCUT2D eigenvalue weighted by atomic mass is 10.1. The zero-order valence-corrected chi connectivity index (χ0v) is 9.36. The minimum atomic E-state index is -2.66. The maximum Gasteiger partial charge on any atom is 0.271 e. The highest BCUT2D eigenvalue weighted by Gasteiger charge is 2.20. The van der Waals surface area contributed by atoms with E-state index in [0.717, 1.165) is 6.20 Å². The molecule has 6 heteroatoms. The minimum absolute atomic E-state index is 0.106. The van der Waals surface area contributed by atoms with Gasteiger partial charge in [-0.2, -0.15) is 0 Å². The molecule has 0 aliphatic heterocycles. The summed E-state index contributed by atoms with van der Waals surface area (Å²) >= 11 is 8.11. The maximum atomic E-state index is 12.5. The minimum Gasteiger partial charge on any atom is -0.274 e. The molecular formula is C8H5BrClF2NO. The van der Waals surface area contributed by atoms with E-state index in [-0.39, 0.29) is 21.3 Å². The standard InChI is InChI=1S/C8H5BrClF2NO/c1-3-5(8(11)12)4(9)2-13-6(3)7(10)14/h2,8H,1H3. The first kappa shape index (κ1) is 11.5. The molecular weight excluding hydrogens is 279 g/mol. The molecule has 76 valence electrons. The summed E-state index contributed by atoms with van der Waals surface area (Å²) in [5.41, 5.74) is -0.274. The summed E-state index contributed by atoms with van der Waals surface area (Å²) in [6.45, 7) is 1.38. The second kappa shape index (κ2) is 4.31. The molecule has 0 aliphatic rings. The van der Waals surface area contributed by atoms with Crippen LogP contribution in [-0.2, 0) is 0 Å². The van der Waals surface area contributed by atoms with Gasteiger partial charge in [-0.05, 0) is 40.0 Å². The van der Waals surface area contributed by atoms with Gasteiger partial charge in [0, 0.05) is 16.2 Å². The van der Waals surface area contributed by atoms with Crippen molar-refractivity contribution in [2.45, 2.75) is 13.3 Å². The molecule has 0 N–H and O–H groups in total. The van der Waals surface area contributed by atoms with Crippen molar-refractivity contribution in [1.82, 2.24) is 4.98 Å². The fraction of sp³-hybridized carbons (Fsp3) is 0.250. The number of hydrogen-bond donors (Lipinski definition) is 0. The second-order valence-corrected chi connectivity index (χ2v) is 3.77. The van der Waals surface area contributed by atoms with Gasteiger partial charge < -0.3 is 0 Å². The molecule has 0 amide bonds. The molecule has 1 rings (SSSR count). The molecule has 0 aromatic carbocycles. The summed E-state index contributed by atoms with van der Waals surface area (Å²) in [5, 5.41) is -0.836. The van der Waals surface area contributed by atoms with Crippen molar-refractivity contribution in [2.24, 2.45) is 0 Å². The normalized spacial score (nSPS) is 10.7. The Hall–Kier alpha value is -0.550. The van der Waals surface area contributed by atoms with Gasteiger partial charge in [-0.25, -0.2) is 8.78 Å². The summed E-state index contributed by atoms with van der Waals surface area (Å²) in [6.07, 6.45) is -1.52. The Balaban J connectivity index is 3.41. The van der Waals surface area contributed by atoms with Crippen LogP contribution in [0.4, 0.5) is 8.78 Å². The third kappa shape index (κ3) is 2.09. The van der Waals surface area contributed by atoms with Crippen molar-refractivity contribution < 1.29 is 13.6 Å². The van der Waals surface area contributed by atoms with Gasteiger partial charge in [-0.3, -0.25) is 9.78 Å². The van der Waals surface area contributed by atoms with E-state index in [1.165, 1.54) is 6.92 Å². The first-order chi connectivity index (χ1) is 6.45. The molecule has 1 heterocycles. The topological polar surface area (TPSA) is 30.0 Å². The Morgan fingerprint density at radius 3 is 2.64 bits per heavy atom. The number of carbonyl (C=O) groups excluding carboxylic acids is 1. The van der Waals surface area contributed by atoms with E-state index < -0.39 is 11.7 Å². The number of rotatable bonds is 2. The lowest BCUT2D eigenvalue weighted by Gasteiger charge is -2.08. The number of pyridine rings is 1. The van der Waals surface area contributed by atoms with Gasteiger partial charge in [0.05, 0.1) is 0 Å². The van der Waals surface area contributed by atoms with Crippen LogP contribution >= 0.6 is 27.5 Å². The van der Waals surface area contributed by atoms with Crippen LogP contribution in [0.3, 0.4) is 0 Å². The van der Waals surface area contributed by atoms with E-state index in [4.69, 9.17) is 11.6 Å². The van der Waals surface area contributed by atoms with Crippen LogP contribution in [0.25, 0.3) is 0 Å². The van der Waals surface area contributed by atoms with Gasteiger partial charge in [0.25, 0.3) is 11.7 Å². The molecule has 14 heavy (non-hydrogen) atoms. The van der Waals surface area contributed by atoms with Crippen molar-refractivity contribution in [3.8, 4) is 0 Å². The predicted octanol–water partition coefficient (Wildman–Crippen LogP) is 3.47. The van der Waals surface area contributed by atoms with Crippen LogP contribution in [0, 0.1) is 6.92 Å². The summed E-state index contributed by atoms with van der Waals surface area (Å²) in [7, 11) is 0. The van der Waals surface area contributed by atoms with Crippen molar-refractivity contribution >= 4 is 32.8 Å². The molecule has 0 fully saturated rings. The molecule has 1 aromatic rings. The molecule has 0 atom stereocenters. The Morgan fingerprint density at radius 2 is 2.21 bits per heavy atom. The van der Waals surface area contributed by atoms with Crippen molar-refractivity contribution in [3.63, 3.8) is 0 Å². The highest BCUT2D eigenvalue weighted by molar-refractivity contribution is 9.10. The van der Waals surface area contributed by atoms with Gasteiger partial charge in [0.2, 0.25) is 0 Å². The molecule has 0 saturated heterocycles. The zero-order chi connectivity index (χ0) is 10.9. The number of halogens is 4. The largest absolute Gasteiger partial charge is 0.274 e. The Labute approximate surface area is 92.4 Å². The Kier molecular flexibility index (Phi) is 3.55. The summed E-state index contributed by atoms with van der Waals surface area (Å²) in [4.78, 5) is 14.5. The van der Waals surface area contributed by atoms with Gasteiger partial charge in [-0.15, -0.1) is 0 Å². The number of carbonyl (C=O) groups is 1. The van der Waals surface area contributed by atoms with E-state index in [1.807, 2.05) is 0 Å². The number of hydrogen-bond acceptors (Lipinski definition) is 2. The molecule has 0 aliphatic carbocycles. The number of alkyl halides is 2. The van der Waals surface area contributed by atoms with Crippen LogP contribution in [0.15, 0.2) is 10.7 Å². The molecule has 0 bridgehead atoms. The van der Waals surface area contributed by atoms with Gasteiger partial charge in [0.1, 0.15) is 5.69 Å². The van der Waals surface area contributed by atoms with Crippen molar-refractivity contribution in [3.05, 3.63) is 27.5 Å². The second-order valence-electron chi connectivity index (χ2n) is 2.57. The van der Waals surface area contributed by atoms with Gasteiger partial charge in [-0.1, -0.05) is 0 Å². The third-order valence-corrected chi connectivity index (χ3v) is 2.54. The first-order valence-corrected chi connectivity index (χ1v) is 4.75. The SMILES string of the molecule is Cc1c(C(=O)Cl)ncc(Br)c1C(F)F. The smallest absolute Gasteiger partial charge is 0.271 e. The number of aromatic nitrogens is 1. The summed E-state index contributed by atoms with van der Waals surface area (Å²) in [6, 6.07) is 0. The Morgan fingerprint density at radius 1 is 1.64 bits per heavy atom. The van der Waals surface area contributed by atoms with E-state index in [0.29, 0.717) is 0 Å². The summed E-state index contributed by atoms with van der Waals surface area (Å²) < 4.78 is 25.2. The first-order valence-electron chi connectivity index (χ1n) is 3.58. The third-order valence-electron chi connectivity index (χ3n) is 1.73. The van der Waals surface area contributed by atoms with Crippen LogP contribution in [0.5, 0.6) is 0 Å². The lowest BCUT2D eigenvalue weighted by Crippen LogP contribution is -2.03. The molecule has 2 nitrogen and oxygen atoms in total. The van der Waals surface area contributed by atoms with Crippen molar-refractivity contribution in [1.29, 1.82) is 0 Å². The highest BCUT2D eigenvalue weighted by atomic mass is 79.9. The molecule has 0 spiro atoms. The van der Waals surface area contributed by atoms with E-state index >= 15 is 0 Å². The fourth-order valence-corrected chi connectivity index (χ4v) is 1.82. The average molecular weight is 284 g/mol. The average Bonchev–Trinajstić information content (AvgIpc) is 2.02. The summed E-state index contributed by atoms with van der Waals surface area (Å²) in [5.74, 6) is 0. The zero-order valence-electron chi connectivity index (χ0n) is 7.02. The van der Waals surface area contributed by atoms with Crippen molar-refractivity contribution in [2.75, 3.05) is 0 Å². The number of nitrogens with zero attached hydrogens (tertiary/aromatic N) is 1. The van der Waals surface area contributed by atoms with Crippen LogP contribution in [0.2, 0.25) is 0 Å². The van der Waals surface area contributed by atoms with E-state index in [9.17, 15) is 13.6 Å². The lowest BCUT2D eigenvalue weighted by molar-refractivity contribution is 0.107. The molecule has 1 aromatic heterocycles. The van der Waals surface area contributed by atoms with E-state index in [2.05, 4.69) is 20.9 Å². The van der Waals surface area contributed by atoms with Crippen LogP contribution < -0.4 is 0 Å². The molecule has 0 radical (unpaired) electrons. The molecule has 0 unspecified atom stereocenters. The van der Waals surface area contributed by atoms with Crippen LogP contribution in [-0.4, -0.2) is 10.2 Å². The monoisotopic (exact) mass is 283 g/mol. The van der Waals surface area contributed by atoms with Gasteiger partial charge >= 0.3 is 0 Å². The van der Waals surface area contributed by atoms with Gasteiger partial charge in [0.15, 0.2) is 0 Å². The predicted molar refractivity (Wildman–Crippen MR) is 51.8 cm³/mol. The van der Waals surface area contributed by atoms with Crippen LogP contribution in [0.1, 0.15) is 28.0 Å². The quantitative estimate of drug-likeness (QED) is 0.778. The Bertz CT molecular complexity index is 384. The molecule has 0 saturated carbocycles. The van der Waals surface area contributed by atoms with E-state index in [1.54, 1.807) is 0 Å². The fourth-order valence-electron chi connectivity index (χ4n) is 1.06. The maximum absolute atomic E-state index is 12.5.